The van der Waals surface area contributed by atoms with Crippen molar-refractivity contribution in [1.29, 1.82) is 0 Å². The highest BCUT2D eigenvalue weighted by atomic mass is 32.2. The van der Waals surface area contributed by atoms with Crippen molar-refractivity contribution >= 4 is 39.1 Å². The van der Waals surface area contributed by atoms with E-state index in [9.17, 15) is 13.2 Å². The largest absolute Gasteiger partial charge is 0.491 e. The maximum Gasteiger partial charge on any atom is 0.315 e. The zero-order valence-electron chi connectivity index (χ0n) is 21.5. The van der Waals surface area contributed by atoms with Gasteiger partial charge in [0.25, 0.3) is 0 Å². The van der Waals surface area contributed by atoms with Crippen LogP contribution in [0.5, 0.6) is 5.75 Å². The lowest BCUT2D eigenvalue weighted by molar-refractivity contribution is -0.150. The van der Waals surface area contributed by atoms with Gasteiger partial charge in [-0.25, -0.2) is 8.42 Å². The average molecular weight is 533 g/mol. The number of ether oxygens (including phenoxy) is 2. The third-order valence-electron chi connectivity index (χ3n) is 7.13. The van der Waals surface area contributed by atoms with E-state index in [1.54, 1.807) is 20.0 Å². The number of fused-ring (bicyclic) bond motifs is 1. The van der Waals surface area contributed by atoms with Crippen LogP contribution in [0, 0.1) is 5.41 Å². The molecule has 2 aromatic rings. The molecule has 0 bridgehead atoms. The molecule has 36 heavy (non-hydrogen) atoms. The normalized spacial score (nSPS) is 20.3. The molecule has 0 N–H and O–H groups in total. The number of carbonyl (C=O) groups is 1. The molecule has 196 valence electrons. The van der Waals surface area contributed by atoms with Crippen LogP contribution in [0.4, 0.5) is 11.4 Å². The lowest BCUT2D eigenvalue weighted by Crippen LogP contribution is -2.40. The van der Waals surface area contributed by atoms with E-state index in [0.717, 1.165) is 29.8 Å². The Morgan fingerprint density at radius 3 is 2.50 bits per heavy atom. The molecule has 1 heterocycles. The third kappa shape index (κ3) is 5.24. The second-order valence-electron chi connectivity index (χ2n) is 9.52. The SMILES string of the molecule is CCCCC1CN(c2ccccc2)c2cc(SC)c(OCC3(C(=O)OCC)CC3)cc2S(=O)(=O)N1C. The van der Waals surface area contributed by atoms with Gasteiger partial charge in [0.15, 0.2) is 0 Å². The highest BCUT2D eigenvalue weighted by Gasteiger charge is 2.52. The highest BCUT2D eigenvalue weighted by Crippen LogP contribution is 2.49. The zero-order valence-corrected chi connectivity index (χ0v) is 23.2. The first kappa shape index (κ1) is 26.8. The van der Waals surface area contributed by atoms with E-state index in [2.05, 4.69) is 11.8 Å². The Balaban J connectivity index is 1.77. The molecule has 0 spiro atoms. The number of nitrogens with zero attached hydrogens (tertiary/aromatic N) is 2. The summed E-state index contributed by atoms with van der Waals surface area (Å²) in [5, 5.41) is 0. The van der Waals surface area contributed by atoms with E-state index < -0.39 is 15.4 Å². The van der Waals surface area contributed by atoms with Gasteiger partial charge in [-0.15, -0.1) is 11.8 Å². The van der Waals surface area contributed by atoms with Gasteiger partial charge in [0.05, 0.1) is 17.2 Å². The van der Waals surface area contributed by atoms with Crippen molar-refractivity contribution in [1.82, 2.24) is 4.31 Å². The molecular weight excluding hydrogens is 496 g/mol. The van der Waals surface area contributed by atoms with Gasteiger partial charge in [0.1, 0.15) is 22.7 Å². The summed E-state index contributed by atoms with van der Waals surface area (Å²) in [6.07, 6.45) is 6.11. The molecule has 4 rings (SSSR count). The molecule has 1 atom stereocenters. The van der Waals surface area contributed by atoms with Gasteiger partial charge in [0, 0.05) is 31.4 Å². The topological polar surface area (TPSA) is 76.1 Å². The first-order valence-electron chi connectivity index (χ1n) is 12.6. The number of benzene rings is 2. The van der Waals surface area contributed by atoms with Crippen LogP contribution in [-0.4, -0.2) is 57.8 Å². The maximum atomic E-state index is 13.9. The fourth-order valence-electron chi connectivity index (χ4n) is 4.62. The lowest BCUT2D eigenvalue weighted by atomic mass is 10.1. The summed E-state index contributed by atoms with van der Waals surface area (Å²) < 4.78 is 40.7. The summed E-state index contributed by atoms with van der Waals surface area (Å²) in [5.74, 6) is 0.237. The third-order valence-corrected chi connectivity index (χ3v) is 9.82. The quantitative estimate of drug-likeness (QED) is 0.297. The number of esters is 1. The van der Waals surface area contributed by atoms with Crippen LogP contribution in [0.2, 0.25) is 0 Å². The zero-order chi connectivity index (χ0) is 25.9. The van der Waals surface area contributed by atoms with E-state index in [0.29, 0.717) is 37.4 Å². The van der Waals surface area contributed by atoms with Crippen LogP contribution in [0.1, 0.15) is 46.0 Å². The predicted octanol–water partition coefficient (Wildman–Crippen LogP) is 5.46. The summed E-state index contributed by atoms with van der Waals surface area (Å²) in [5.41, 5.74) is 0.969. The molecule has 1 saturated carbocycles. The van der Waals surface area contributed by atoms with Crippen molar-refractivity contribution < 1.29 is 22.7 Å². The number of rotatable bonds is 10. The number of unbranched alkanes of at least 4 members (excludes halogenated alkanes) is 1. The first-order valence-corrected chi connectivity index (χ1v) is 15.3. The van der Waals surface area contributed by atoms with Gasteiger partial charge in [-0.3, -0.25) is 4.79 Å². The predicted molar refractivity (Wildman–Crippen MR) is 144 cm³/mol. The van der Waals surface area contributed by atoms with Crippen LogP contribution in [-0.2, 0) is 19.6 Å². The summed E-state index contributed by atoms with van der Waals surface area (Å²) >= 11 is 1.50. The molecule has 0 radical (unpaired) electrons. The molecule has 0 amide bonds. The fraction of sp³-hybridized carbons (Fsp3) is 0.519. The van der Waals surface area contributed by atoms with E-state index in [1.165, 1.54) is 16.1 Å². The summed E-state index contributed by atoms with van der Waals surface area (Å²) in [6, 6.07) is 13.3. The molecule has 2 aliphatic rings. The maximum absolute atomic E-state index is 13.9. The fourth-order valence-corrected chi connectivity index (χ4v) is 6.73. The minimum atomic E-state index is -3.78. The molecular formula is C27H36N2O5S2. The van der Waals surface area contributed by atoms with E-state index >= 15 is 0 Å². The van der Waals surface area contributed by atoms with Gasteiger partial charge in [-0.1, -0.05) is 38.0 Å². The van der Waals surface area contributed by atoms with Crippen molar-refractivity contribution in [3.63, 3.8) is 0 Å². The van der Waals surface area contributed by atoms with Crippen LogP contribution in [0.15, 0.2) is 52.3 Å². The van der Waals surface area contributed by atoms with E-state index in [1.807, 2.05) is 42.7 Å². The van der Waals surface area contributed by atoms with Crippen molar-refractivity contribution in [3.05, 3.63) is 42.5 Å². The summed E-state index contributed by atoms with van der Waals surface area (Å²) in [7, 11) is -2.10. The van der Waals surface area contributed by atoms with Crippen LogP contribution < -0.4 is 9.64 Å². The second kappa shape index (κ2) is 11.0. The van der Waals surface area contributed by atoms with Crippen molar-refractivity contribution in [2.24, 2.45) is 5.41 Å². The molecule has 9 heteroatoms. The molecule has 1 aliphatic carbocycles. The number of thioether (sulfide) groups is 1. The Labute approximate surface area is 219 Å². The summed E-state index contributed by atoms with van der Waals surface area (Å²) in [6.45, 7) is 4.98. The van der Waals surface area contributed by atoms with Crippen molar-refractivity contribution in [2.75, 3.05) is 38.0 Å². The number of sulfonamides is 1. The minimum Gasteiger partial charge on any atom is -0.491 e. The number of hydrogen-bond acceptors (Lipinski definition) is 7. The molecule has 1 aliphatic heterocycles. The first-order chi connectivity index (χ1) is 17.3. The molecule has 2 aromatic carbocycles. The number of hydrogen-bond donors (Lipinski definition) is 0. The number of carbonyl (C=O) groups excluding carboxylic acids is 1. The number of para-hydroxylation sites is 1. The van der Waals surface area contributed by atoms with Crippen LogP contribution in [0.25, 0.3) is 0 Å². The smallest absolute Gasteiger partial charge is 0.315 e. The van der Waals surface area contributed by atoms with Crippen molar-refractivity contribution in [3.8, 4) is 5.75 Å². The molecule has 7 nitrogen and oxygen atoms in total. The Bertz CT molecular complexity index is 1180. The molecule has 0 aromatic heterocycles. The molecule has 1 unspecified atom stereocenters. The minimum absolute atomic E-state index is 0.164. The van der Waals surface area contributed by atoms with Gasteiger partial charge in [0.2, 0.25) is 10.0 Å². The number of likely N-dealkylation sites (N-methyl/N-ethyl adjacent to an activating group) is 1. The molecule has 0 saturated heterocycles. The van der Waals surface area contributed by atoms with E-state index in [-0.39, 0.29) is 23.5 Å². The Morgan fingerprint density at radius 2 is 1.89 bits per heavy atom. The monoisotopic (exact) mass is 532 g/mol. The van der Waals surface area contributed by atoms with Crippen molar-refractivity contribution in [2.45, 2.75) is 61.8 Å². The Hall–Kier alpha value is -2.23. The Kier molecular flexibility index (Phi) is 8.22. The van der Waals surface area contributed by atoms with Crippen LogP contribution >= 0.6 is 11.8 Å². The Morgan fingerprint density at radius 1 is 1.17 bits per heavy atom. The highest BCUT2D eigenvalue weighted by molar-refractivity contribution is 7.98. The second-order valence-corrected chi connectivity index (χ2v) is 12.3. The number of anilines is 2. The van der Waals surface area contributed by atoms with Gasteiger partial charge in [-0.05, 0) is 50.6 Å². The molecule has 1 fully saturated rings. The summed E-state index contributed by atoms with van der Waals surface area (Å²) in [4.78, 5) is 15.6. The van der Waals surface area contributed by atoms with E-state index in [4.69, 9.17) is 9.47 Å². The van der Waals surface area contributed by atoms with Gasteiger partial charge >= 0.3 is 5.97 Å². The van der Waals surface area contributed by atoms with Gasteiger partial charge in [-0.2, -0.15) is 4.31 Å². The lowest BCUT2D eigenvalue weighted by Gasteiger charge is -2.29. The average Bonchev–Trinajstić information content (AvgIpc) is 3.69. The van der Waals surface area contributed by atoms with Crippen LogP contribution in [0.3, 0.4) is 0 Å². The standard InChI is InChI=1S/C27H36N2O5S2/c1-5-7-11-21-18-29(20-12-9-8-10-13-20)22-16-24(35-4)23(17-25(22)36(31,32)28(21)3)34-19-27(14-15-27)26(30)33-6-2/h8-10,12-13,16-17,21H,5-7,11,14-15,18-19H2,1-4H3. The van der Waals surface area contributed by atoms with Gasteiger partial charge < -0.3 is 14.4 Å².